The third kappa shape index (κ3) is 1.79. The molecule has 1 aliphatic carbocycles. The number of hydrogen-bond donors (Lipinski definition) is 0. The van der Waals surface area contributed by atoms with Crippen molar-refractivity contribution in [1.82, 2.24) is 0 Å². The van der Waals surface area contributed by atoms with E-state index in [1.807, 2.05) is 0 Å². The third-order valence-electron chi connectivity index (χ3n) is 3.61. The van der Waals surface area contributed by atoms with E-state index in [1.54, 1.807) is 0 Å². The van der Waals surface area contributed by atoms with Gasteiger partial charge in [-0.05, 0) is 44.2 Å². The summed E-state index contributed by atoms with van der Waals surface area (Å²) in [7, 11) is 0. The minimum atomic E-state index is -0.0173. The first-order valence-electron chi connectivity index (χ1n) is 5.71. The van der Waals surface area contributed by atoms with Gasteiger partial charge in [0.2, 0.25) is 0 Å². The van der Waals surface area contributed by atoms with Crippen molar-refractivity contribution in [2.24, 2.45) is 5.41 Å². The second-order valence-electron chi connectivity index (χ2n) is 5.01. The Bertz CT molecular complexity index is 393. The standard InChI is InChI=1S/C15H18/c1-4-15(2,3)14-11-7-9-12-8-5-6-10-13(12)14/h1,5-6,8,10,14H,7,9,11H2,2-3H3. The summed E-state index contributed by atoms with van der Waals surface area (Å²) in [4.78, 5) is 0. The predicted molar refractivity (Wildman–Crippen MR) is 64.7 cm³/mol. The Hall–Kier alpha value is -1.22. The first-order valence-corrected chi connectivity index (χ1v) is 5.71. The monoisotopic (exact) mass is 198 g/mol. The van der Waals surface area contributed by atoms with E-state index in [0.29, 0.717) is 5.92 Å². The molecule has 0 aliphatic heterocycles. The average molecular weight is 198 g/mol. The smallest absolute Gasteiger partial charge is 0.0324 e. The van der Waals surface area contributed by atoms with Gasteiger partial charge in [0.15, 0.2) is 0 Å². The van der Waals surface area contributed by atoms with E-state index >= 15 is 0 Å². The van der Waals surface area contributed by atoms with Crippen LogP contribution in [0.15, 0.2) is 24.3 Å². The second-order valence-corrected chi connectivity index (χ2v) is 5.01. The molecule has 0 radical (unpaired) electrons. The molecule has 0 fully saturated rings. The minimum absolute atomic E-state index is 0.0173. The van der Waals surface area contributed by atoms with Crippen LogP contribution >= 0.6 is 0 Å². The second kappa shape index (κ2) is 3.74. The third-order valence-corrected chi connectivity index (χ3v) is 3.61. The van der Waals surface area contributed by atoms with Gasteiger partial charge < -0.3 is 0 Å². The van der Waals surface area contributed by atoms with E-state index in [-0.39, 0.29) is 5.41 Å². The maximum absolute atomic E-state index is 5.64. The van der Waals surface area contributed by atoms with Crippen molar-refractivity contribution in [3.05, 3.63) is 35.4 Å². The fourth-order valence-corrected chi connectivity index (χ4v) is 2.60. The van der Waals surface area contributed by atoms with E-state index in [4.69, 9.17) is 6.42 Å². The van der Waals surface area contributed by atoms with Crippen molar-refractivity contribution in [2.45, 2.75) is 39.0 Å². The lowest BCUT2D eigenvalue weighted by molar-refractivity contribution is 0.348. The van der Waals surface area contributed by atoms with Crippen molar-refractivity contribution in [1.29, 1.82) is 0 Å². The summed E-state index contributed by atoms with van der Waals surface area (Å²) in [6.45, 7) is 4.36. The van der Waals surface area contributed by atoms with Gasteiger partial charge in [-0.1, -0.05) is 30.2 Å². The summed E-state index contributed by atoms with van der Waals surface area (Å²) in [6, 6.07) is 8.75. The highest BCUT2D eigenvalue weighted by molar-refractivity contribution is 5.35. The molecular weight excluding hydrogens is 180 g/mol. The molecule has 0 bridgehead atoms. The molecule has 0 aromatic heterocycles. The van der Waals surface area contributed by atoms with Gasteiger partial charge in [0, 0.05) is 11.3 Å². The van der Waals surface area contributed by atoms with Gasteiger partial charge in [0.1, 0.15) is 0 Å². The zero-order valence-corrected chi connectivity index (χ0v) is 9.59. The molecule has 1 aliphatic rings. The molecule has 0 heterocycles. The zero-order valence-electron chi connectivity index (χ0n) is 9.59. The maximum atomic E-state index is 5.64. The lowest BCUT2D eigenvalue weighted by Crippen LogP contribution is -2.24. The number of terminal acetylenes is 1. The average Bonchev–Trinajstić information content (AvgIpc) is 2.28. The van der Waals surface area contributed by atoms with E-state index in [0.717, 1.165) is 0 Å². The predicted octanol–water partition coefficient (Wildman–Crippen LogP) is 3.77. The van der Waals surface area contributed by atoms with Gasteiger partial charge in [-0.25, -0.2) is 0 Å². The van der Waals surface area contributed by atoms with E-state index in [1.165, 1.54) is 30.4 Å². The van der Waals surface area contributed by atoms with Crippen molar-refractivity contribution in [3.63, 3.8) is 0 Å². The van der Waals surface area contributed by atoms with Gasteiger partial charge in [-0.15, -0.1) is 6.42 Å². The fraction of sp³-hybridized carbons (Fsp3) is 0.467. The molecular formula is C15H18. The Morgan fingerprint density at radius 2 is 2.07 bits per heavy atom. The highest BCUT2D eigenvalue weighted by Crippen LogP contribution is 2.43. The van der Waals surface area contributed by atoms with E-state index < -0.39 is 0 Å². The Kier molecular flexibility index (Phi) is 2.57. The molecule has 1 aromatic carbocycles. The molecule has 0 amide bonds. The quantitative estimate of drug-likeness (QED) is 0.603. The van der Waals surface area contributed by atoms with Crippen molar-refractivity contribution in [3.8, 4) is 12.3 Å². The topological polar surface area (TPSA) is 0 Å². The van der Waals surface area contributed by atoms with Gasteiger partial charge in [-0.3, -0.25) is 0 Å². The molecule has 0 saturated carbocycles. The Labute approximate surface area is 92.7 Å². The van der Waals surface area contributed by atoms with Crippen LogP contribution < -0.4 is 0 Å². The largest absolute Gasteiger partial charge is 0.120 e. The lowest BCUT2D eigenvalue weighted by atomic mass is 9.69. The molecule has 15 heavy (non-hydrogen) atoms. The number of benzene rings is 1. The van der Waals surface area contributed by atoms with Crippen molar-refractivity contribution < 1.29 is 0 Å². The van der Waals surface area contributed by atoms with Crippen LogP contribution in [-0.4, -0.2) is 0 Å². The first-order chi connectivity index (χ1) is 7.15. The molecule has 0 saturated heterocycles. The summed E-state index contributed by atoms with van der Waals surface area (Å²) in [5, 5.41) is 0. The van der Waals surface area contributed by atoms with Crippen LogP contribution in [0.25, 0.3) is 0 Å². The van der Waals surface area contributed by atoms with Gasteiger partial charge >= 0.3 is 0 Å². The highest BCUT2D eigenvalue weighted by atomic mass is 14.3. The number of aryl methyl sites for hydroxylation is 1. The SMILES string of the molecule is C#CC(C)(C)C1CCCc2ccccc21. The Morgan fingerprint density at radius 1 is 1.33 bits per heavy atom. The molecule has 0 nitrogen and oxygen atoms in total. The van der Waals surface area contributed by atoms with Crippen LogP contribution in [0, 0.1) is 17.8 Å². The van der Waals surface area contributed by atoms with Crippen LogP contribution in [0.5, 0.6) is 0 Å². The van der Waals surface area contributed by atoms with Crippen LogP contribution in [0.1, 0.15) is 43.7 Å². The van der Waals surface area contributed by atoms with E-state index in [2.05, 4.69) is 44.0 Å². The molecule has 0 heteroatoms. The van der Waals surface area contributed by atoms with Crippen LogP contribution in [0.4, 0.5) is 0 Å². The summed E-state index contributed by atoms with van der Waals surface area (Å²) in [5.41, 5.74) is 2.96. The summed E-state index contributed by atoms with van der Waals surface area (Å²) < 4.78 is 0. The number of rotatable bonds is 1. The first kappa shape index (κ1) is 10.3. The van der Waals surface area contributed by atoms with Gasteiger partial charge in [-0.2, -0.15) is 0 Å². The molecule has 0 N–H and O–H groups in total. The van der Waals surface area contributed by atoms with Crippen molar-refractivity contribution in [2.75, 3.05) is 0 Å². The molecule has 1 atom stereocenters. The minimum Gasteiger partial charge on any atom is -0.120 e. The summed E-state index contributed by atoms with van der Waals surface area (Å²) >= 11 is 0. The summed E-state index contributed by atoms with van der Waals surface area (Å²) in [6.07, 6.45) is 9.36. The Balaban J connectivity index is 2.43. The normalized spacial score (nSPS) is 20.5. The van der Waals surface area contributed by atoms with Crippen LogP contribution in [-0.2, 0) is 6.42 Å². The Morgan fingerprint density at radius 3 is 2.80 bits per heavy atom. The molecule has 78 valence electrons. The molecule has 0 spiro atoms. The highest BCUT2D eigenvalue weighted by Gasteiger charge is 2.31. The van der Waals surface area contributed by atoms with E-state index in [9.17, 15) is 0 Å². The molecule has 1 aromatic rings. The summed E-state index contributed by atoms with van der Waals surface area (Å²) in [5.74, 6) is 3.49. The number of hydrogen-bond acceptors (Lipinski definition) is 0. The maximum Gasteiger partial charge on any atom is 0.0324 e. The number of fused-ring (bicyclic) bond motifs is 1. The van der Waals surface area contributed by atoms with Gasteiger partial charge in [0.05, 0.1) is 0 Å². The fourth-order valence-electron chi connectivity index (χ4n) is 2.60. The van der Waals surface area contributed by atoms with Crippen LogP contribution in [0.2, 0.25) is 0 Å². The van der Waals surface area contributed by atoms with Crippen LogP contribution in [0.3, 0.4) is 0 Å². The van der Waals surface area contributed by atoms with Gasteiger partial charge in [0.25, 0.3) is 0 Å². The van der Waals surface area contributed by atoms with Crippen molar-refractivity contribution >= 4 is 0 Å². The lowest BCUT2D eigenvalue weighted by Gasteiger charge is -2.34. The zero-order chi connectivity index (χ0) is 10.9. The molecule has 1 unspecified atom stereocenters. The molecule has 2 rings (SSSR count).